The molecule has 0 bridgehead atoms. The molecule has 6 aromatic heterocycles. The highest BCUT2D eigenvalue weighted by molar-refractivity contribution is 7.66. The fourth-order valence-electron chi connectivity index (χ4n) is 9.27. The molecule has 0 amide bonds. The summed E-state index contributed by atoms with van der Waals surface area (Å²) in [6.07, 6.45) is -13.0. The van der Waals surface area contributed by atoms with Gasteiger partial charge >= 0.3 is 36.7 Å². The van der Waals surface area contributed by atoms with Gasteiger partial charge in [0.1, 0.15) is 48.5 Å². The Kier molecular flexibility index (Phi) is 16.3. The van der Waals surface area contributed by atoms with Crippen molar-refractivity contribution >= 4 is 82.3 Å². The molecule has 0 saturated carbocycles. The Labute approximate surface area is 435 Å². The number of hydrogen-bond acceptors (Lipinski definition) is 28. The van der Waals surface area contributed by atoms with Gasteiger partial charge < -0.3 is 75.8 Å². The quantitative estimate of drug-likeness (QED) is 0.0239. The molecule has 3 aliphatic rings. The smallest absolute Gasteiger partial charge is 0.388 e. The van der Waals surface area contributed by atoms with E-state index in [-0.39, 0.29) is 64.2 Å². The van der Waals surface area contributed by atoms with Crippen molar-refractivity contribution in [3.63, 3.8) is 0 Å². The molecule has 42 heteroatoms. The van der Waals surface area contributed by atoms with Gasteiger partial charge in [0.05, 0.1) is 51.3 Å². The van der Waals surface area contributed by atoms with Crippen molar-refractivity contribution < 1.29 is 104 Å². The molecule has 9 rings (SSSR count). The highest BCUT2D eigenvalue weighted by atomic mass is 31.3. The maximum atomic E-state index is 13.9. The van der Waals surface area contributed by atoms with Crippen LogP contribution in [-0.4, -0.2) is 178 Å². The Morgan fingerprint density at radius 2 is 1.35 bits per heavy atom. The predicted molar refractivity (Wildman–Crippen MR) is 257 cm³/mol. The molecule has 0 radical (unpaired) electrons. The number of phosphoric ester groups is 2. The highest BCUT2D eigenvalue weighted by Gasteiger charge is 2.53. The number of aromatic nitrogens is 12. The molecular formula is C36H52N15O23P4+. The molecule has 0 spiro atoms. The number of H-pyrrole nitrogens is 2. The minimum Gasteiger partial charge on any atom is -0.388 e. The van der Waals surface area contributed by atoms with E-state index in [1.807, 2.05) is 0 Å². The lowest BCUT2D eigenvalue weighted by Crippen LogP contribution is -2.45. The zero-order valence-electron chi connectivity index (χ0n) is 40.6. The number of hydrogen-bond donors (Lipinski definition) is 12. The van der Waals surface area contributed by atoms with Gasteiger partial charge in [-0.25, -0.2) is 38.2 Å². The normalized spacial score (nSPS) is 29.8. The molecule has 3 aliphatic heterocycles. The van der Waals surface area contributed by atoms with Crippen molar-refractivity contribution in [2.24, 2.45) is 13.0 Å². The van der Waals surface area contributed by atoms with Crippen molar-refractivity contribution in [3.05, 3.63) is 46.0 Å². The maximum absolute atomic E-state index is 13.9. The number of fused-ring (bicyclic) bond motifs is 3. The Bertz CT molecular complexity index is 3530. The van der Waals surface area contributed by atoms with Crippen LogP contribution in [0.3, 0.4) is 0 Å². The average Bonchev–Trinajstić information content (AvgIpc) is 4.39. The fraction of sp³-hybridized carbons (Fsp3) is 0.583. The van der Waals surface area contributed by atoms with E-state index in [9.17, 15) is 62.7 Å². The summed E-state index contributed by atoms with van der Waals surface area (Å²) >= 11 is 0. The summed E-state index contributed by atoms with van der Waals surface area (Å²) in [4.78, 5) is 97.0. The number of methoxy groups -OCH3 is 2. The highest BCUT2D eigenvalue weighted by Crippen LogP contribution is 2.68. The van der Waals surface area contributed by atoms with E-state index in [1.54, 1.807) is 0 Å². The molecule has 15 N–H and O–H groups in total. The molecule has 3 fully saturated rings. The van der Waals surface area contributed by atoms with Crippen molar-refractivity contribution in [1.29, 1.82) is 0 Å². The van der Waals surface area contributed by atoms with Crippen molar-refractivity contribution in [3.8, 4) is 0 Å². The second kappa shape index (κ2) is 22.1. The van der Waals surface area contributed by atoms with Crippen LogP contribution in [0, 0.1) is 5.92 Å². The molecule has 0 aromatic carbocycles. The number of ether oxygens (including phenoxy) is 5. The van der Waals surface area contributed by atoms with Gasteiger partial charge in [-0.15, -0.1) is 0 Å². The summed E-state index contributed by atoms with van der Waals surface area (Å²) in [6, 6.07) is 0. The standard InChI is InChI=1S/C36H51N15O23P4/c1-48-13-51(29-20(48)31(56)47-36(39)45-29)32-21(52)14(4-6-65-2)16(70-32)8-67-76(59,60)73-78(63,64)74-77(61,62)68-9-17-24(25(66-3)34(71-17)49-11-42-18-26(37)40-10-41-27(18)49)72-75(57,58)7-5-15-22(53)23(54)33(69-15)50-12-43-19-28(50)44-35(38)46-30(19)55/h10-17,21-25,32-34,52-54H,4-9H2,1-3H3,(H11-,37,38,39,40,41,44,45,46,47,55,56,57,58,59,60,61,62,63,64)/p+1/t14-,15-,16-,17-,21-,22-,23-,24-,25-,32-,33-,34-/m1/s1. The first kappa shape index (κ1) is 57.6. The molecule has 0 aliphatic carbocycles. The second-order valence-electron chi connectivity index (χ2n) is 17.8. The Morgan fingerprint density at radius 1 is 0.718 bits per heavy atom. The van der Waals surface area contributed by atoms with Gasteiger partial charge in [0.15, 0.2) is 41.4 Å². The van der Waals surface area contributed by atoms with Gasteiger partial charge in [-0.3, -0.25) is 51.4 Å². The van der Waals surface area contributed by atoms with E-state index in [4.69, 9.17) is 54.5 Å². The molecule has 9 heterocycles. The molecule has 3 saturated heterocycles. The first-order valence-electron chi connectivity index (χ1n) is 22.8. The minimum atomic E-state index is -6.16. The Balaban J connectivity index is 0.871. The molecule has 78 heavy (non-hydrogen) atoms. The summed E-state index contributed by atoms with van der Waals surface area (Å²) < 4.78 is 112. The number of rotatable bonds is 22. The first-order valence-corrected chi connectivity index (χ1v) is 29.1. The Morgan fingerprint density at radius 3 is 2.03 bits per heavy atom. The number of aliphatic hydroxyl groups excluding tert-OH is 3. The van der Waals surface area contributed by atoms with Crippen molar-refractivity contribution in [2.45, 2.75) is 80.4 Å². The molecule has 4 unspecified atom stereocenters. The van der Waals surface area contributed by atoms with Crippen LogP contribution in [0.2, 0.25) is 0 Å². The number of phosphoric acid groups is 3. The van der Waals surface area contributed by atoms with E-state index >= 15 is 0 Å². The first-order chi connectivity index (χ1) is 36.7. The van der Waals surface area contributed by atoms with Crippen LogP contribution in [-0.2, 0) is 71.2 Å². The molecular weight excluding hydrogens is 1130 g/mol. The number of nitrogens with two attached hydrogens (primary N) is 3. The lowest BCUT2D eigenvalue weighted by molar-refractivity contribution is -0.745. The van der Waals surface area contributed by atoms with Crippen LogP contribution in [0.4, 0.5) is 17.7 Å². The third-order valence-corrected chi connectivity index (χ3v) is 18.4. The molecule has 6 aromatic rings. The second-order valence-corrected chi connectivity index (χ2v) is 24.4. The number of aliphatic hydroxyl groups is 3. The summed E-state index contributed by atoms with van der Waals surface area (Å²) in [7, 11) is -18.8. The zero-order chi connectivity index (χ0) is 56.4. The van der Waals surface area contributed by atoms with Gasteiger partial charge in [0, 0.05) is 26.7 Å². The number of nitrogen functional groups attached to an aromatic ring is 3. The van der Waals surface area contributed by atoms with Crippen LogP contribution in [0.1, 0.15) is 31.5 Å². The van der Waals surface area contributed by atoms with Gasteiger partial charge in [-0.1, -0.05) is 4.98 Å². The number of aromatic amines is 2. The van der Waals surface area contributed by atoms with Gasteiger partial charge in [-0.05, 0) is 12.8 Å². The SMILES string of the molecule is COCC[C@H]1[C@@H](O)[C@H]([n+]2cn(C)c3c(=O)[nH]c(N)nc32)O[C@@H]1COP(=O)(O)OP(=O)(O)OP(=O)(O)OC[C@H]1O[C@@H](n2cnc3c(N)ncnc32)[C@H](OC)[C@@H]1OP(=O)(O)CC[C@H]1O[C@@H](n2cnc3c(=O)[nH]c(N)nc32)[C@H](O)[C@@H]1O. The van der Waals surface area contributed by atoms with E-state index in [0.717, 1.165) is 24.3 Å². The van der Waals surface area contributed by atoms with Gasteiger partial charge in [0.2, 0.25) is 17.7 Å². The van der Waals surface area contributed by atoms with E-state index in [2.05, 4.69) is 48.5 Å². The fourth-order valence-corrected chi connectivity index (χ4v) is 14.1. The van der Waals surface area contributed by atoms with Crippen LogP contribution in [0.5, 0.6) is 0 Å². The number of nitrogens with zero attached hydrogens (tertiary/aromatic N) is 10. The van der Waals surface area contributed by atoms with Crippen molar-refractivity contribution in [1.82, 2.24) is 53.6 Å². The van der Waals surface area contributed by atoms with Gasteiger partial charge in [-0.2, -0.15) is 13.6 Å². The minimum absolute atomic E-state index is 0.00111. The average molecular weight is 1190 g/mol. The summed E-state index contributed by atoms with van der Waals surface area (Å²) in [5.41, 5.74) is 16.0. The molecule has 428 valence electrons. The van der Waals surface area contributed by atoms with Crippen molar-refractivity contribution in [2.75, 3.05) is 57.4 Å². The molecule has 16 atom stereocenters. The summed E-state index contributed by atoms with van der Waals surface area (Å²) in [5.74, 6) is -1.53. The van der Waals surface area contributed by atoms with Crippen LogP contribution in [0.25, 0.3) is 33.5 Å². The topological polar surface area (TPSA) is 542 Å². The summed E-state index contributed by atoms with van der Waals surface area (Å²) in [5, 5.41) is 33.3. The zero-order valence-corrected chi connectivity index (χ0v) is 44.2. The van der Waals surface area contributed by atoms with E-state index in [1.165, 1.54) is 40.5 Å². The van der Waals surface area contributed by atoms with Gasteiger partial charge in [0.25, 0.3) is 17.1 Å². The lowest BCUT2D eigenvalue weighted by Gasteiger charge is -2.26. The van der Waals surface area contributed by atoms with E-state index in [0.29, 0.717) is 0 Å². The third-order valence-electron chi connectivity index (χ3n) is 12.7. The predicted octanol–water partition coefficient (Wildman–Crippen LogP) is -2.96. The van der Waals surface area contributed by atoms with Crippen LogP contribution >= 0.6 is 31.1 Å². The maximum Gasteiger partial charge on any atom is 0.490 e. The lowest BCUT2D eigenvalue weighted by atomic mass is 9.95. The number of aryl methyl sites for hydroxylation is 1. The largest absolute Gasteiger partial charge is 0.490 e. The third kappa shape index (κ3) is 11.7. The monoisotopic (exact) mass is 1190 g/mol. The van der Waals surface area contributed by atoms with E-state index < -0.39 is 141 Å². The molecule has 38 nitrogen and oxygen atoms in total. The Hall–Kier alpha value is -5.11. The van der Waals surface area contributed by atoms with Crippen LogP contribution in [0.15, 0.2) is 34.9 Å². The number of imidazole rings is 3. The van der Waals surface area contributed by atoms with Crippen LogP contribution < -0.4 is 32.9 Å². The summed E-state index contributed by atoms with van der Waals surface area (Å²) in [6.45, 7) is -2.09. The number of anilines is 3. The number of nitrogens with one attached hydrogen (secondary N) is 2.